The van der Waals surface area contributed by atoms with Gasteiger partial charge in [-0.25, -0.2) is 9.69 Å². The van der Waals surface area contributed by atoms with Crippen LogP contribution < -0.4 is 21.4 Å². The van der Waals surface area contributed by atoms with E-state index in [2.05, 4.69) is 143 Å². The molecule has 0 unspecified atom stereocenters. The number of nitrogens with zero attached hydrogens (tertiary/aromatic N) is 5. The Morgan fingerprint density at radius 3 is 1.98 bits per heavy atom. The van der Waals surface area contributed by atoms with E-state index in [0.29, 0.717) is 0 Å². The normalized spacial score (nSPS) is 13.1. The van der Waals surface area contributed by atoms with E-state index in [1.54, 1.807) is 0 Å². The lowest BCUT2D eigenvalue weighted by Gasteiger charge is -2.23. The van der Waals surface area contributed by atoms with Gasteiger partial charge in [-0.3, -0.25) is 0 Å². The standard InChI is InChI=1S/C35H36BN5/c1-24-18-25(2)35(26(3)19-24)36(31-15-11-17-33(21-31)41-23-39(6)28(5)38-41)30-14-10-16-32(20-30)40-22-34(27(4)37-40)29-12-8-7-9-13-29/h7-22H,23H2,1-6H3. The minimum Gasteiger partial charge on any atom is -0.342 e. The molecule has 0 amide bonds. The molecule has 0 N–H and O–H groups in total. The van der Waals surface area contributed by atoms with Crippen LogP contribution >= 0.6 is 0 Å². The summed E-state index contributed by atoms with van der Waals surface area (Å²) in [6, 6.07) is 32.8. The molecular weight excluding hydrogens is 501 g/mol. The van der Waals surface area contributed by atoms with Crippen molar-refractivity contribution in [3.05, 3.63) is 120 Å². The van der Waals surface area contributed by atoms with E-state index in [4.69, 9.17) is 10.2 Å². The van der Waals surface area contributed by atoms with Crippen molar-refractivity contribution in [2.45, 2.75) is 34.6 Å². The number of hydrogen-bond donors (Lipinski definition) is 0. The topological polar surface area (TPSA) is 36.7 Å². The summed E-state index contributed by atoms with van der Waals surface area (Å²) < 4.78 is 2.01. The molecule has 1 aliphatic heterocycles. The van der Waals surface area contributed by atoms with E-state index in [1.165, 1.54) is 38.6 Å². The van der Waals surface area contributed by atoms with Gasteiger partial charge >= 0.3 is 0 Å². The average molecular weight is 538 g/mol. The smallest absolute Gasteiger partial charge is 0.242 e. The molecule has 5 nitrogen and oxygen atoms in total. The summed E-state index contributed by atoms with van der Waals surface area (Å²) in [5, 5.41) is 11.8. The van der Waals surface area contributed by atoms with E-state index in [0.717, 1.165) is 35.1 Å². The molecule has 0 fully saturated rings. The molecular formula is C35H36BN5. The fourth-order valence-electron chi connectivity index (χ4n) is 6.10. The van der Waals surface area contributed by atoms with Crippen molar-refractivity contribution in [1.29, 1.82) is 0 Å². The van der Waals surface area contributed by atoms with Gasteiger partial charge in [-0.2, -0.15) is 10.2 Å². The van der Waals surface area contributed by atoms with Crippen LogP contribution in [-0.2, 0) is 0 Å². The minimum atomic E-state index is 0.0613. The number of aryl methyl sites for hydroxylation is 4. The van der Waals surface area contributed by atoms with Gasteiger partial charge in [-0.15, -0.1) is 0 Å². The van der Waals surface area contributed by atoms with Gasteiger partial charge in [0.05, 0.1) is 17.1 Å². The van der Waals surface area contributed by atoms with Gasteiger partial charge in [0.15, 0.2) is 0 Å². The number of hydrazone groups is 1. The van der Waals surface area contributed by atoms with Crippen LogP contribution in [0.2, 0.25) is 0 Å². The second kappa shape index (κ2) is 10.8. The maximum absolute atomic E-state index is 4.92. The number of hydrogen-bond acceptors (Lipinski definition) is 4. The molecule has 4 aromatic carbocycles. The largest absolute Gasteiger partial charge is 0.342 e. The van der Waals surface area contributed by atoms with E-state index in [9.17, 15) is 0 Å². The summed E-state index contributed by atoms with van der Waals surface area (Å²) in [4.78, 5) is 2.16. The Morgan fingerprint density at radius 1 is 0.707 bits per heavy atom. The maximum atomic E-state index is 4.92. The number of amidine groups is 1. The third kappa shape index (κ3) is 5.18. The average Bonchev–Trinajstić information content (AvgIpc) is 3.52. The van der Waals surface area contributed by atoms with Crippen LogP contribution in [0.4, 0.5) is 5.69 Å². The highest BCUT2D eigenvalue weighted by atomic mass is 15.6. The van der Waals surface area contributed by atoms with Gasteiger partial charge < -0.3 is 4.90 Å². The van der Waals surface area contributed by atoms with Crippen molar-refractivity contribution in [2.75, 3.05) is 18.7 Å². The van der Waals surface area contributed by atoms with Crippen LogP contribution in [0.25, 0.3) is 16.8 Å². The number of anilines is 1. The van der Waals surface area contributed by atoms with Crippen molar-refractivity contribution in [1.82, 2.24) is 14.7 Å². The first-order valence-electron chi connectivity index (χ1n) is 14.2. The molecule has 0 aliphatic carbocycles. The molecule has 5 aromatic rings. The Bertz CT molecular complexity index is 1730. The molecule has 1 aromatic heterocycles. The number of aromatic nitrogens is 2. The first-order valence-corrected chi connectivity index (χ1v) is 14.2. The molecule has 6 heteroatoms. The fourth-order valence-corrected chi connectivity index (χ4v) is 6.10. The van der Waals surface area contributed by atoms with Gasteiger partial charge in [0, 0.05) is 18.8 Å². The van der Waals surface area contributed by atoms with E-state index in [-0.39, 0.29) is 6.71 Å². The van der Waals surface area contributed by atoms with E-state index < -0.39 is 0 Å². The molecule has 41 heavy (non-hydrogen) atoms. The quantitative estimate of drug-likeness (QED) is 0.275. The Balaban J connectivity index is 1.47. The molecule has 0 atom stereocenters. The molecule has 2 heterocycles. The molecule has 204 valence electrons. The Kier molecular flexibility index (Phi) is 7.00. The predicted octanol–water partition coefficient (Wildman–Crippen LogP) is 5.33. The second-order valence-corrected chi connectivity index (χ2v) is 11.3. The summed E-state index contributed by atoms with van der Waals surface area (Å²) in [6.45, 7) is 11.6. The van der Waals surface area contributed by atoms with Crippen LogP contribution in [0.15, 0.2) is 102 Å². The van der Waals surface area contributed by atoms with Crippen LogP contribution in [0.3, 0.4) is 0 Å². The summed E-state index contributed by atoms with van der Waals surface area (Å²) in [5.41, 5.74) is 13.2. The van der Waals surface area contributed by atoms with Gasteiger partial charge in [-0.1, -0.05) is 99.8 Å². The lowest BCUT2D eigenvalue weighted by molar-refractivity contribution is 0.536. The van der Waals surface area contributed by atoms with Crippen molar-refractivity contribution >= 4 is 34.6 Å². The van der Waals surface area contributed by atoms with Gasteiger partial charge in [0.25, 0.3) is 0 Å². The summed E-state index contributed by atoms with van der Waals surface area (Å²) in [6.07, 6.45) is 2.14. The van der Waals surface area contributed by atoms with Crippen LogP contribution in [-0.4, -0.2) is 40.9 Å². The number of benzene rings is 4. The van der Waals surface area contributed by atoms with Gasteiger partial charge in [0.1, 0.15) is 12.5 Å². The lowest BCUT2D eigenvalue weighted by Crippen LogP contribution is -2.54. The number of rotatable bonds is 6. The van der Waals surface area contributed by atoms with Crippen molar-refractivity contribution in [2.24, 2.45) is 5.10 Å². The zero-order chi connectivity index (χ0) is 28.7. The minimum absolute atomic E-state index is 0.0613. The maximum Gasteiger partial charge on any atom is 0.242 e. The van der Waals surface area contributed by atoms with Crippen LogP contribution in [0.5, 0.6) is 0 Å². The van der Waals surface area contributed by atoms with Crippen LogP contribution in [0, 0.1) is 27.7 Å². The van der Waals surface area contributed by atoms with Crippen molar-refractivity contribution < 1.29 is 0 Å². The molecule has 0 saturated heterocycles. The first-order chi connectivity index (χ1) is 19.8. The molecule has 0 spiro atoms. The molecule has 1 aliphatic rings. The Hall–Kier alpha value is -4.58. The highest BCUT2D eigenvalue weighted by Crippen LogP contribution is 2.24. The highest BCUT2D eigenvalue weighted by Gasteiger charge is 2.27. The third-order valence-electron chi connectivity index (χ3n) is 8.14. The third-order valence-corrected chi connectivity index (χ3v) is 8.14. The van der Waals surface area contributed by atoms with Crippen LogP contribution in [0.1, 0.15) is 29.3 Å². The van der Waals surface area contributed by atoms with Gasteiger partial charge in [0.2, 0.25) is 6.71 Å². The van der Waals surface area contributed by atoms with E-state index >= 15 is 0 Å². The summed E-state index contributed by atoms with van der Waals surface area (Å²) in [7, 11) is 2.08. The monoisotopic (exact) mass is 537 g/mol. The SMILES string of the molecule is CC1=NN(c2cccc(B(c3cccc(-n4cc(-c5ccccc5)c(C)n4)c3)c3c(C)cc(C)cc3C)c2)CN1C. The molecule has 6 rings (SSSR count). The molecule has 0 bridgehead atoms. The highest BCUT2D eigenvalue weighted by molar-refractivity contribution is 6.96. The van der Waals surface area contributed by atoms with Crippen molar-refractivity contribution in [3.63, 3.8) is 0 Å². The Labute approximate surface area is 243 Å². The molecule has 0 saturated carbocycles. The zero-order valence-electron chi connectivity index (χ0n) is 24.8. The first kappa shape index (κ1) is 26.6. The summed E-state index contributed by atoms with van der Waals surface area (Å²) in [5.74, 6) is 1.02. The lowest BCUT2D eigenvalue weighted by atomic mass is 9.35. The summed E-state index contributed by atoms with van der Waals surface area (Å²) >= 11 is 0. The Morgan fingerprint density at radius 2 is 1.34 bits per heavy atom. The zero-order valence-corrected chi connectivity index (χ0v) is 24.8. The fraction of sp³-hybridized carbons (Fsp3) is 0.200. The van der Waals surface area contributed by atoms with E-state index in [1.807, 2.05) is 10.7 Å². The predicted molar refractivity (Wildman–Crippen MR) is 174 cm³/mol. The molecule has 0 radical (unpaired) electrons. The van der Waals surface area contributed by atoms with Gasteiger partial charge in [-0.05, 0) is 64.4 Å². The second-order valence-electron chi connectivity index (χ2n) is 11.3. The van der Waals surface area contributed by atoms with Crippen molar-refractivity contribution in [3.8, 4) is 16.8 Å².